The zero-order chi connectivity index (χ0) is 18.4. The summed E-state index contributed by atoms with van der Waals surface area (Å²) in [5, 5.41) is 10.8. The Morgan fingerprint density at radius 1 is 1.25 bits per heavy atom. The molecule has 1 aromatic carbocycles. The molecule has 1 heterocycles. The number of nitro groups is 1. The summed E-state index contributed by atoms with van der Waals surface area (Å²) in [6.07, 6.45) is -5.00. The summed E-state index contributed by atoms with van der Waals surface area (Å²) >= 11 is 0. The number of likely N-dealkylation sites (N-methyl/N-ethyl adjacent to an activating group) is 1. The Balaban J connectivity index is 2.60. The van der Waals surface area contributed by atoms with Gasteiger partial charge in [-0.25, -0.2) is 9.69 Å². The molecule has 2 rings (SSSR count). The van der Waals surface area contributed by atoms with E-state index in [1.807, 2.05) is 0 Å². The second kappa shape index (κ2) is 5.46. The van der Waals surface area contributed by atoms with Crippen molar-refractivity contribution < 1.29 is 27.7 Å². The minimum atomic E-state index is -5.00. The van der Waals surface area contributed by atoms with Gasteiger partial charge >= 0.3 is 12.2 Å². The van der Waals surface area contributed by atoms with E-state index < -0.39 is 39.8 Å². The third-order valence-electron chi connectivity index (χ3n) is 3.88. The van der Waals surface area contributed by atoms with E-state index in [0.717, 1.165) is 6.07 Å². The minimum Gasteiger partial charge on any atom is -0.310 e. The number of carbonyl (C=O) groups excluding carboxylic acids is 2. The van der Waals surface area contributed by atoms with Crippen molar-refractivity contribution >= 4 is 23.3 Å². The van der Waals surface area contributed by atoms with Gasteiger partial charge < -0.3 is 4.90 Å². The number of carbonyl (C=O) groups is 2. The third-order valence-corrected chi connectivity index (χ3v) is 3.88. The van der Waals surface area contributed by atoms with Crippen molar-refractivity contribution in [2.24, 2.45) is 0 Å². The van der Waals surface area contributed by atoms with Crippen LogP contribution in [-0.2, 0) is 11.0 Å². The fourth-order valence-electron chi connectivity index (χ4n) is 2.64. The maximum Gasteiger partial charge on any atom is 0.423 e. The van der Waals surface area contributed by atoms with Crippen LogP contribution in [0, 0.1) is 10.1 Å². The highest BCUT2D eigenvalue weighted by atomic mass is 19.4. The Hall–Kier alpha value is -2.65. The average molecular weight is 345 g/mol. The zero-order valence-electron chi connectivity index (χ0n) is 13.0. The number of anilines is 1. The number of nitro benzene ring substituents is 1. The number of hydrogen-bond acceptors (Lipinski definition) is 4. The summed E-state index contributed by atoms with van der Waals surface area (Å²) in [6.45, 7) is 4.78. The van der Waals surface area contributed by atoms with Crippen molar-refractivity contribution in [2.45, 2.75) is 32.5 Å². The van der Waals surface area contributed by atoms with Gasteiger partial charge in [0.25, 0.3) is 11.6 Å². The van der Waals surface area contributed by atoms with Crippen LogP contribution in [0.15, 0.2) is 18.2 Å². The molecule has 7 nitrogen and oxygen atoms in total. The number of alkyl halides is 3. The Kier molecular flexibility index (Phi) is 4.03. The summed E-state index contributed by atoms with van der Waals surface area (Å²) in [7, 11) is 0. The first-order valence-corrected chi connectivity index (χ1v) is 6.94. The summed E-state index contributed by atoms with van der Waals surface area (Å²) < 4.78 is 39.2. The van der Waals surface area contributed by atoms with Crippen LogP contribution in [0.25, 0.3) is 0 Å². The lowest BCUT2D eigenvalue weighted by atomic mass is 10.0. The predicted molar refractivity (Wildman–Crippen MR) is 77.4 cm³/mol. The highest BCUT2D eigenvalue weighted by Crippen LogP contribution is 2.40. The van der Waals surface area contributed by atoms with Crippen molar-refractivity contribution in [1.82, 2.24) is 4.90 Å². The first kappa shape index (κ1) is 17.7. The lowest BCUT2D eigenvalue weighted by molar-refractivity contribution is -0.388. The van der Waals surface area contributed by atoms with E-state index in [1.165, 1.54) is 18.7 Å². The smallest absolute Gasteiger partial charge is 0.310 e. The van der Waals surface area contributed by atoms with E-state index >= 15 is 0 Å². The Morgan fingerprint density at radius 3 is 2.25 bits per heavy atom. The second-order valence-electron chi connectivity index (χ2n) is 5.68. The van der Waals surface area contributed by atoms with Gasteiger partial charge in [-0.05, 0) is 32.9 Å². The van der Waals surface area contributed by atoms with E-state index in [2.05, 4.69) is 0 Å². The van der Waals surface area contributed by atoms with Crippen molar-refractivity contribution in [3.63, 3.8) is 0 Å². The van der Waals surface area contributed by atoms with Crippen molar-refractivity contribution in [3.8, 4) is 0 Å². The largest absolute Gasteiger partial charge is 0.423 e. The molecular formula is C14H14F3N3O4. The van der Waals surface area contributed by atoms with Gasteiger partial charge in [0.15, 0.2) is 0 Å². The highest BCUT2D eigenvalue weighted by Gasteiger charge is 2.51. The molecule has 0 saturated carbocycles. The molecule has 0 unspecified atom stereocenters. The summed E-state index contributed by atoms with van der Waals surface area (Å²) in [6, 6.07) is 1.27. The molecule has 0 aromatic heterocycles. The van der Waals surface area contributed by atoms with Crippen LogP contribution in [0.5, 0.6) is 0 Å². The molecule has 1 fully saturated rings. The highest BCUT2D eigenvalue weighted by molar-refractivity contribution is 6.23. The summed E-state index contributed by atoms with van der Waals surface area (Å²) in [4.78, 5) is 36.2. The van der Waals surface area contributed by atoms with Crippen LogP contribution in [-0.4, -0.2) is 33.8 Å². The van der Waals surface area contributed by atoms with Gasteiger partial charge in [-0.3, -0.25) is 14.9 Å². The molecule has 1 saturated heterocycles. The molecule has 3 amide bonds. The molecule has 0 radical (unpaired) electrons. The third kappa shape index (κ3) is 2.57. The van der Waals surface area contributed by atoms with Crippen LogP contribution >= 0.6 is 0 Å². The normalized spacial score (nSPS) is 17.6. The SMILES string of the molecule is CCN1C(=O)N(c2ccc([N+](=O)[O-])c(C(F)(F)F)c2)C(=O)C1(C)C. The van der Waals surface area contributed by atoms with E-state index in [4.69, 9.17) is 0 Å². The number of amides is 3. The van der Waals surface area contributed by atoms with E-state index in [9.17, 15) is 32.9 Å². The Labute approximate surface area is 134 Å². The average Bonchev–Trinajstić information content (AvgIpc) is 2.63. The lowest BCUT2D eigenvalue weighted by Crippen LogP contribution is -2.43. The molecule has 130 valence electrons. The molecule has 0 spiro atoms. The molecular weight excluding hydrogens is 331 g/mol. The topological polar surface area (TPSA) is 83.8 Å². The van der Waals surface area contributed by atoms with E-state index in [-0.39, 0.29) is 12.2 Å². The van der Waals surface area contributed by atoms with Gasteiger partial charge in [0, 0.05) is 12.6 Å². The molecule has 24 heavy (non-hydrogen) atoms. The molecule has 1 aliphatic rings. The number of imide groups is 1. The summed E-state index contributed by atoms with van der Waals surface area (Å²) in [5.74, 6) is -0.698. The maximum atomic E-state index is 13.1. The van der Waals surface area contributed by atoms with E-state index in [0.29, 0.717) is 17.0 Å². The number of rotatable bonds is 3. The first-order chi connectivity index (χ1) is 10.9. The van der Waals surface area contributed by atoms with Crippen LogP contribution < -0.4 is 4.90 Å². The second-order valence-corrected chi connectivity index (χ2v) is 5.68. The van der Waals surface area contributed by atoms with Gasteiger partial charge in [0.1, 0.15) is 11.1 Å². The molecule has 0 atom stereocenters. The first-order valence-electron chi connectivity index (χ1n) is 6.94. The van der Waals surface area contributed by atoms with Crippen LogP contribution in [0.1, 0.15) is 26.3 Å². The monoisotopic (exact) mass is 345 g/mol. The molecule has 0 N–H and O–H groups in total. The molecule has 0 aliphatic carbocycles. The van der Waals surface area contributed by atoms with Crippen molar-refractivity contribution in [2.75, 3.05) is 11.4 Å². The van der Waals surface area contributed by atoms with Gasteiger partial charge in [-0.15, -0.1) is 0 Å². The van der Waals surface area contributed by atoms with Gasteiger partial charge in [0.05, 0.1) is 10.6 Å². The van der Waals surface area contributed by atoms with Gasteiger partial charge in [-0.2, -0.15) is 13.2 Å². The quantitative estimate of drug-likeness (QED) is 0.478. The number of nitrogens with zero attached hydrogens (tertiary/aromatic N) is 3. The molecule has 10 heteroatoms. The maximum absolute atomic E-state index is 13.1. The fraction of sp³-hybridized carbons (Fsp3) is 0.429. The van der Waals surface area contributed by atoms with E-state index in [1.54, 1.807) is 6.92 Å². The van der Waals surface area contributed by atoms with Crippen molar-refractivity contribution in [1.29, 1.82) is 0 Å². The van der Waals surface area contributed by atoms with Gasteiger partial charge in [0.2, 0.25) is 0 Å². The van der Waals surface area contributed by atoms with Gasteiger partial charge in [-0.1, -0.05) is 0 Å². The van der Waals surface area contributed by atoms with Crippen molar-refractivity contribution in [3.05, 3.63) is 33.9 Å². The standard InChI is InChI=1S/C14H14F3N3O4/c1-4-18-12(22)19(11(21)13(18,2)3)8-5-6-10(20(23)24)9(7-8)14(15,16)17/h5-7H,4H2,1-3H3. The number of halogens is 3. The number of urea groups is 1. The zero-order valence-corrected chi connectivity index (χ0v) is 13.0. The summed E-state index contributed by atoms with van der Waals surface area (Å²) in [5.41, 5.74) is -4.23. The fourth-order valence-corrected chi connectivity index (χ4v) is 2.64. The number of hydrogen-bond donors (Lipinski definition) is 0. The minimum absolute atomic E-state index is 0.188. The molecule has 0 bridgehead atoms. The lowest BCUT2D eigenvalue weighted by Gasteiger charge is -2.25. The van der Waals surface area contributed by atoms with Crippen LogP contribution in [0.3, 0.4) is 0 Å². The Bertz CT molecular complexity index is 730. The molecule has 1 aromatic rings. The predicted octanol–water partition coefficient (Wildman–Crippen LogP) is 3.18. The van der Waals surface area contributed by atoms with Crippen LogP contribution in [0.2, 0.25) is 0 Å². The number of benzene rings is 1. The molecule has 1 aliphatic heterocycles. The Morgan fingerprint density at radius 2 is 1.83 bits per heavy atom. The van der Waals surface area contributed by atoms with Crippen LogP contribution in [0.4, 0.5) is 29.3 Å².